The summed E-state index contributed by atoms with van der Waals surface area (Å²) in [4.78, 5) is 0. The van der Waals surface area contributed by atoms with Crippen molar-refractivity contribution in [2.24, 2.45) is 5.92 Å². The lowest BCUT2D eigenvalue weighted by Crippen LogP contribution is -2.54. The molecule has 2 saturated heterocycles. The van der Waals surface area contributed by atoms with Gasteiger partial charge in [0.1, 0.15) is 11.5 Å². The van der Waals surface area contributed by atoms with E-state index in [1.54, 1.807) is 12.1 Å². The normalized spacial score (nSPS) is 27.0. The van der Waals surface area contributed by atoms with Gasteiger partial charge in [0.05, 0.1) is 26.2 Å². The molecule has 3 heteroatoms. The number of hydrogen-bond acceptors (Lipinski definition) is 2. The average Bonchev–Trinajstić information content (AvgIpc) is 2.77. The van der Waals surface area contributed by atoms with Crippen LogP contribution >= 0.6 is 0 Å². The fraction of sp³-hybridized carbons (Fsp3) is 0.478. The summed E-state index contributed by atoms with van der Waals surface area (Å²) in [5.41, 5.74) is 2.28. The number of phenols is 2. The van der Waals surface area contributed by atoms with Crippen LogP contribution in [0.1, 0.15) is 49.1 Å². The monoisotopic (exact) mass is 352 g/mol. The van der Waals surface area contributed by atoms with E-state index in [-0.39, 0.29) is 5.92 Å². The van der Waals surface area contributed by atoms with Crippen molar-refractivity contribution >= 4 is 0 Å². The predicted octanol–water partition coefficient (Wildman–Crippen LogP) is 4.64. The Labute approximate surface area is 156 Å². The van der Waals surface area contributed by atoms with Crippen LogP contribution < -0.4 is 0 Å². The number of phenolic OH excluding ortho intramolecular Hbond substituents is 2. The first-order valence-electron chi connectivity index (χ1n) is 9.84. The van der Waals surface area contributed by atoms with Gasteiger partial charge in [-0.3, -0.25) is 0 Å². The summed E-state index contributed by atoms with van der Waals surface area (Å²) in [7, 11) is 4.81. The highest BCUT2D eigenvalue weighted by atomic mass is 16.3. The van der Waals surface area contributed by atoms with E-state index in [4.69, 9.17) is 0 Å². The lowest BCUT2D eigenvalue weighted by Gasteiger charge is -2.45. The van der Waals surface area contributed by atoms with Gasteiger partial charge in [0, 0.05) is 31.6 Å². The molecule has 2 atom stereocenters. The molecule has 138 valence electrons. The summed E-state index contributed by atoms with van der Waals surface area (Å²) in [6.45, 7) is 0. The Balaban J connectivity index is 1.62. The molecule has 2 aromatic rings. The molecule has 2 aliphatic heterocycles. The molecule has 0 amide bonds. The molecule has 2 bridgehead atoms. The highest BCUT2D eigenvalue weighted by molar-refractivity contribution is 5.39. The van der Waals surface area contributed by atoms with Crippen LogP contribution in [0.2, 0.25) is 0 Å². The highest BCUT2D eigenvalue weighted by Crippen LogP contribution is 2.46. The zero-order chi connectivity index (χ0) is 18.3. The van der Waals surface area contributed by atoms with Gasteiger partial charge in [0.2, 0.25) is 0 Å². The molecule has 2 fully saturated rings. The summed E-state index contributed by atoms with van der Waals surface area (Å²) in [5.74, 6) is 1.55. The number of rotatable bonds is 4. The van der Waals surface area contributed by atoms with Crippen LogP contribution in [0.25, 0.3) is 0 Å². The first-order valence-corrected chi connectivity index (χ1v) is 9.84. The second kappa shape index (κ2) is 6.62. The number of fused-ring (bicyclic) bond motifs is 2. The standard InChI is InChI=1S/C23H29NO2/c1-24(2)19-9-10-20(24)12-16(11-19)13-23(17-5-3-7-21(25)14-17)18-6-4-8-22(26)15-18/h3-8,14-16,19-20,23H,9-13H2,1-2H3,(H-,25,26)/p+1. The maximum atomic E-state index is 9.98. The van der Waals surface area contributed by atoms with Gasteiger partial charge < -0.3 is 14.7 Å². The third-order valence-electron chi connectivity index (χ3n) is 7.04. The van der Waals surface area contributed by atoms with Crippen LogP contribution in [0, 0.1) is 5.92 Å². The van der Waals surface area contributed by atoms with E-state index in [0.717, 1.165) is 29.6 Å². The minimum atomic E-state index is 0.215. The van der Waals surface area contributed by atoms with Crippen molar-refractivity contribution in [1.29, 1.82) is 0 Å². The molecule has 0 spiro atoms. The fourth-order valence-electron chi connectivity index (χ4n) is 5.47. The summed E-state index contributed by atoms with van der Waals surface area (Å²) in [6, 6.07) is 16.8. The molecule has 2 aromatic carbocycles. The van der Waals surface area contributed by atoms with Crippen LogP contribution in [-0.4, -0.2) is 40.9 Å². The van der Waals surface area contributed by atoms with Crippen LogP contribution in [0.4, 0.5) is 0 Å². The average molecular weight is 352 g/mol. The molecule has 26 heavy (non-hydrogen) atoms. The zero-order valence-electron chi connectivity index (χ0n) is 15.8. The van der Waals surface area contributed by atoms with Crippen molar-refractivity contribution in [2.75, 3.05) is 14.1 Å². The lowest BCUT2D eigenvalue weighted by atomic mass is 9.78. The molecule has 3 nitrogen and oxygen atoms in total. The number of benzene rings is 2. The Bertz CT molecular complexity index is 724. The molecular weight excluding hydrogens is 322 g/mol. The number of nitrogens with zero attached hydrogens (tertiary/aromatic N) is 1. The number of hydrogen-bond donors (Lipinski definition) is 2. The summed E-state index contributed by atoms with van der Waals surface area (Å²) < 4.78 is 1.19. The van der Waals surface area contributed by atoms with Crippen molar-refractivity contribution in [1.82, 2.24) is 0 Å². The maximum Gasteiger partial charge on any atom is 0.115 e. The van der Waals surface area contributed by atoms with Crippen molar-refractivity contribution < 1.29 is 14.7 Å². The first-order chi connectivity index (χ1) is 12.4. The quantitative estimate of drug-likeness (QED) is 0.787. The van der Waals surface area contributed by atoms with Gasteiger partial charge in [0.25, 0.3) is 0 Å². The molecular formula is C23H30NO2+. The van der Waals surface area contributed by atoms with Crippen molar-refractivity contribution in [3.63, 3.8) is 0 Å². The van der Waals surface area contributed by atoms with Gasteiger partial charge in [-0.15, -0.1) is 0 Å². The summed E-state index contributed by atoms with van der Waals surface area (Å²) in [6.07, 6.45) is 6.38. The van der Waals surface area contributed by atoms with Gasteiger partial charge in [-0.2, -0.15) is 0 Å². The van der Waals surface area contributed by atoms with E-state index in [2.05, 4.69) is 26.2 Å². The van der Waals surface area contributed by atoms with E-state index < -0.39 is 0 Å². The minimum absolute atomic E-state index is 0.215. The third kappa shape index (κ3) is 3.21. The Kier molecular flexibility index (Phi) is 4.44. The van der Waals surface area contributed by atoms with Crippen molar-refractivity contribution in [3.8, 4) is 11.5 Å². The SMILES string of the molecule is C[N+]1(C)C2CCC1CC(CC(c1cccc(O)c1)c1cccc(O)c1)C2. The summed E-state index contributed by atoms with van der Waals surface area (Å²) in [5, 5.41) is 20.0. The molecule has 2 aliphatic rings. The topological polar surface area (TPSA) is 40.5 Å². The molecule has 2 unspecified atom stereocenters. The largest absolute Gasteiger partial charge is 0.508 e. The zero-order valence-corrected chi connectivity index (χ0v) is 15.8. The second-order valence-corrected chi connectivity index (χ2v) is 8.83. The van der Waals surface area contributed by atoms with E-state index >= 15 is 0 Å². The third-order valence-corrected chi connectivity index (χ3v) is 7.04. The van der Waals surface area contributed by atoms with Crippen LogP contribution in [-0.2, 0) is 0 Å². The van der Waals surface area contributed by atoms with E-state index in [9.17, 15) is 10.2 Å². The smallest absolute Gasteiger partial charge is 0.115 e. The van der Waals surface area contributed by atoms with Gasteiger partial charge in [0.15, 0.2) is 0 Å². The fourth-order valence-corrected chi connectivity index (χ4v) is 5.47. The Morgan fingerprint density at radius 3 is 1.85 bits per heavy atom. The molecule has 0 radical (unpaired) electrons. The van der Waals surface area contributed by atoms with Crippen LogP contribution in [0.5, 0.6) is 11.5 Å². The van der Waals surface area contributed by atoms with Crippen LogP contribution in [0.3, 0.4) is 0 Å². The van der Waals surface area contributed by atoms with E-state index in [0.29, 0.717) is 17.4 Å². The molecule has 0 saturated carbocycles. The molecule has 2 heterocycles. The van der Waals surface area contributed by atoms with Gasteiger partial charge in [-0.1, -0.05) is 24.3 Å². The number of aromatic hydroxyl groups is 2. The van der Waals surface area contributed by atoms with E-state index in [1.807, 2.05) is 24.3 Å². The predicted molar refractivity (Wildman–Crippen MR) is 104 cm³/mol. The highest BCUT2D eigenvalue weighted by Gasteiger charge is 2.49. The van der Waals surface area contributed by atoms with Gasteiger partial charge in [-0.25, -0.2) is 0 Å². The number of quaternary nitrogens is 1. The Morgan fingerprint density at radius 2 is 1.38 bits per heavy atom. The Hall–Kier alpha value is -2.00. The number of piperidine rings is 1. The van der Waals surface area contributed by atoms with Crippen molar-refractivity contribution in [3.05, 3.63) is 59.7 Å². The molecule has 2 N–H and O–H groups in total. The maximum absolute atomic E-state index is 9.98. The van der Waals surface area contributed by atoms with Crippen molar-refractivity contribution in [2.45, 2.75) is 50.1 Å². The molecule has 4 rings (SSSR count). The Morgan fingerprint density at radius 1 is 0.885 bits per heavy atom. The first kappa shape index (κ1) is 17.4. The lowest BCUT2D eigenvalue weighted by molar-refractivity contribution is -0.931. The van der Waals surface area contributed by atoms with Gasteiger partial charge in [-0.05, 0) is 47.7 Å². The van der Waals surface area contributed by atoms with Crippen LogP contribution in [0.15, 0.2) is 48.5 Å². The summed E-state index contributed by atoms with van der Waals surface area (Å²) >= 11 is 0. The molecule has 0 aromatic heterocycles. The second-order valence-electron chi connectivity index (χ2n) is 8.83. The van der Waals surface area contributed by atoms with Gasteiger partial charge >= 0.3 is 0 Å². The minimum Gasteiger partial charge on any atom is -0.508 e. The van der Waals surface area contributed by atoms with E-state index in [1.165, 1.54) is 30.2 Å². The molecule has 0 aliphatic carbocycles.